The summed E-state index contributed by atoms with van der Waals surface area (Å²) in [5.41, 5.74) is 1.36. The first-order chi connectivity index (χ1) is 13.1. The lowest BCUT2D eigenvalue weighted by molar-refractivity contribution is -0.149. The third-order valence-corrected chi connectivity index (χ3v) is 4.82. The number of imide groups is 1. The van der Waals surface area contributed by atoms with Crippen LogP contribution in [0.2, 0.25) is 0 Å². The van der Waals surface area contributed by atoms with Crippen molar-refractivity contribution in [2.45, 2.75) is 19.6 Å². The van der Waals surface area contributed by atoms with Gasteiger partial charge in [-0.1, -0.05) is 17.3 Å². The summed E-state index contributed by atoms with van der Waals surface area (Å²) < 4.78 is 10.2. The summed E-state index contributed by atoms with van der Waals surface area (Å²) in [6.07, 6.45) is 0. The molecule has 2 amide bonds. The summed E-state index contributed by atoms with van der Waals surface area (Å²) in [6, 6.07) is 7.21. The van der Waals surface area contributed by atoms with E-state index in [1.54, 1.807) is 24.3 Å². The maximum Gasteiger partial charge on any atom is 0.329 e. The van der Waals surface area contributed by atoms with E-state index in [9.17, 15) is 14.4 Å². The minimum atomic E-state index is -1.07. The number of carbonyl (C=O) groups excluding carboxylic acids is 3. The van der Waals surface area contributed by atoms with Gasteiger partial charge in [0.1, 0.15) is 6.04 Å². The molecular weight excluding hydrogens is 370 g/mol. The first kappa shape index (κ1) is 17.1. The van der Waals surface area contributed by atoms with E-state index in [2.05, 4.69) is 10.1 Å². The van der Waals surface area contributed by atoms with Crippen LogP contribution in [0.1, 0.15) is 33.5 Å². The quantitative estimate of drug-likeness (QED) is 0.493. The van der Waals surface area contributed by atoms with Gasteiger partial charge >= 0.3 is 5.97 Å². The van der Waals surface area contributed by atoms with Gasteiger partial charge in [0.2, 0.25) is 5.82 Å². The van der Waals surface area contributed by atoms with Crippen molar-refractivity contribution in [3.05, 3.63) is 58.1 Å². The Bertz CT molecular complexity index is 992. The highest BCUT2D eigenvalue weighted by atomic mass is 32.1. The lowest BCUT2D eigenvalue weighted by Crippen LogP contribution is -2.43. The van der Waals surface area contributed by atoms with E-state index >= 15 is 0 Å². The second kappa shape index (κ2) is 6.76. The molecule has 4 rings (SSSR count). The highest BCUT2D eigenvalue weighted by Crippen LogP contribution is 2.25. The van der Waals surface area contributed by atoms with Crippen LogP contribution in [0.3, 0.4) is 0 Å². The predicted molar refractivity (Wildman–Crippen MR) is 93.8 cm³/mol. The molecule has 0 N–H and O–H groups in total. The van der Waals surface area contributed by atoms with Crippen LogP contribution in [0, 0.1) is 0 Å². The average molecular weight is 383 g/mol. The lowest BCUT2D eigenvalue weighted by Gasteiger charge is -2.20. The van der Waals surface area contributed by atoms with E-state index in [-0.39, 0.29) is 23.6 Å². The molecule has 8 nitrogen and oxygen atoms in total. The van der Waals surface area contributed by atoms with Gasteiger partial charge in [0.25, 0.3) is 17.7 Å². The van der Waals surface area contributed by atoms with E-state index in [1.165, 1.54) is 18.3 Å². The Morgan fingerprint density at radius 3 is 2.56 bits per heavy atom. The van der Waals surface area contributed by atoms with Gasteiger partial charge < -0.3 is 9.26 Å². The number of hydrogen-bond acceptors (Lipinski definition) is 8. The SMILES string of the molecule is CC(C(=O)OCc1nc(-c2ccsc2)no1)N1C(=O)c2ccccc2C1=O. The molecule has 0 saturated carbocycles. The first-order valence-electron chi connectivity index (χ1n) is 8.05. The molecule has 136 valence electrons. The average Bonchev–Trinajstić information content (AvgIpc) is 3.41. The zero-order valence-corrected chi connectivity index (χ0v) is 14.9. The molecule has 1 atom stereocenters. The van der Waals surface area contributed by atoms with Gasteiger partial charge in [-0.3, -0.25) is 14.5 Å². The maximum atomic E-state index is 12.4. The number of benzene rings is 1. The highest BCUT2D eigenvalue weighted by molar-refractivity contribution is 7.08. The Balaban J connectivity index is 1.42. The molecule has 0 radical (unpaired) electrons. The standard InChI is InChI=1S/C18H13N3O5S/c1-10(21-16(22)12-4-2-3-5-13(12)17(21)23)18(24)25-8-14-19-15(20-26-14)11-6-7-27-9-11/h2-7,9-10H,8H2,1H3. The number of fused-ring (bicyclic) bond motifs is 1. The number of nitrogens with zero attached hydrogens (tertiary/aromatic N) is 3. The normalized spacial score (nSPS) is 14.3. The third-order valence-electron chi connectivity index (χ3n) is 4.14. The Labute approximate surface area is 157 Å². The van der Waals surface area contributed by atoms with E-state index in [1.807, 2.05) is 16.8 Å². The Kier molecular flexibility index (Phi) is 4.28. The minimum Gasteiger partial charge on any atom is -0.454 e. The molecule has 1 unspecified atom stereocenters. The Hall–Kier alpha value is -3.33. The number of ether oxygens (including phenoxy) is 1. The molecule has 0 fully saturated rings. The molecule has 1 aliphatic heterocycles. The fourth-order valence-electron chi connectivity index (χ4n) is 2.74. The van der Waals surface area contributed by atoms with Gasteiger partial charge in [0, 0.05) is 10.9 Å². The number of esters is 1. The van der Waals surface area contributed by atoms with Crippen molar-refractivity contribution >= 4 is 29.1 Å². The van der Waals surface area contributed by atoms with Crippen LogP contribution < -0.4 is 0 Å². The summed E-state index contributed by atoms with van der Waals surface area (Å²) in [4.78, 5) is 42.2. The molecule has 3 heterocycles. The summed E-state index contributed by atoms with van der Waals surface area (Å²) in [6.45, 7) is 1.19. The second-order valence-corrected chi connectivity index (χ2v) is 6.61. The molecule has 3 aromatic rings. The van der Waals surface area contributed by atoms with Crippen molar-refractivity contribution < 1.29 is 23.6 Å². The Morgan fingerprint density at radius 2 is 1.93 bits per heavy atom. The first-order valence-corrected chi connectivity index (χ1v) is 8.99. The third kappa shape index (κ3) is 3.02. The van der Waals surface area contributed by atoms with Crippen LogP contribution in [-0.2, 0) is 16.1 Å². The molecule has 0 bridgehead atoms. The number of amides is 2. The monoisotopic (exact) mass is 383 g/mol. The molecule has 9 heteroatoms. The van der Waals surface area contributed by atoms with E-state index in [4.69, 9.17) is 9.26 Å². The van der Waals surface area contributed by atoms with Crippen LogP contribution in [0.25, 0.3) is 11.4 Å². The number of carbonyl (C=O) groups is 3. The van der Waals surface area contributed by atoms with Gasteiger partial charge in [-0.25, -0.2) is 4.79 Å². The lowest BCUT2D eigenvalue weighted by atomic mass is 10.1. The van der Waals surface area contributed by atoms with Gasteiger partial charge in [-0.05, 0) is 30.5 Å². The van der Waals surface area contributed by atoms with Gasteiger partial charge in [-0.2, -0.15) is 16.3 Å². The molecule has 1 aliphatic rings. The van der Waals surface area contributed by atoms with Crippen molar-refractivity contribution in [1.29, 1.82) is 0 Å². The van der Waals surface area contributed by atoms with Crippen molar-refractivity contribution in [2.24, 2.45) is 0 Å². The largest absolute Gasteiger partial charge is 0.454 e. The fourth-order valence-corrected chi connectivity index (χ4v) is 3.38. The second-order valence-electron chi connectivity index (χ2n) is 5.83. The van der Waals surface area contributed by atoms with Crippen LogP contribution in [-0.4, -0.2) is 38.9 Å². The van der Waals surface area contributed by atoms with Gasteiger partial charge in [0.05, 0.1) is 11.1 Å². The van der Waals surface area contributed by atoms with E-state index in [0.717, 1.165) is 10.5 Å². The van der Waals surface area contributed by atoms with Crippen LogP contribution >= 0.6 is 11.3 Å². The molecular formula is C18H13N3O5S. The smallest absolute Gasteiger partial charge is 0.329 e. The van der Waals surface area contributed by atoms with E-state index < -0.39 is 23.8 Å². The molecule has 2 aromatic heterocycles. The minimum absolute atomic E-state index is 0.124. The molecule has 1 aromatic carbocycles. The van der Waals surface area contributed by atoms with Crippen molar-refractivity contribution in [3.63, 3.8) is 0 Å². The van der Waals surface area contributed by atoms with Crippen LogP contribution in [0.5, 0.6) is 0 Å². The summed E-state index contributed by atoms with van der Waals surface area (Å²) in [7, 11) is 0. The summed E-state index contributed by atoms with van der Waals surface area (Å²) in [5.74, 6) is -1.25. The van der Waals surface area contributed by atoms with Crippen molar-refractivity contribution in [1.82, 2.24) is 15.0 Å². The number of rotatable bonds is 5. The molecule has 0 aliphatic carbocycles. The fraction of sp³-hybridized carbons (Fsp3) is 0.167. The maximum absolute atomic E-state index is 12.4. The Morgan fingerprint density at radius 1 is 1.22 bits per heavy atom. The predicted octanol–water partition coefficient (Wildman–Crippen LogP) is 2.53. The number of hydrogen-bond donors (Lipinski definition) is 0. The van der Waals surface area contributed by atoms with Crippen molar-refractivity contribution in [3.8, 4) is 11.4 Å². The van der Waals surface area contributed by atoms with Gasteiger partial charge in [0.15, 0.2) is 6.61 Å². The summed E-state index contributed by atoms with van der Waals surface area (Å²) >= 11 is 1.50. The molecule has 27 heavy (non-hydrogen) atoms. The topological polar surface area (TPSA) is 103 Å². The highest BCUT2D eigenvalue weighted by Gasteiger charge is 2.41. The van der Waals surface area contributed by atoms with E-state index in [0.29, 0.717) is 5.82 Å². The molecule has 0 saturated heterocycles. The number of thiophene rings is 1. The van der Waals surface area contributed by atoms with Crippen LogP contribution in [0.4, 0.5) is 0 Å². The number of aromatic nitrogens is 2. The zero-order chi connectivity index (χ0) is 19.0. The summed E-state index contributed by atoms with van der Waals surface area (Å²) in [5, 5.41) is 7.57. The van der Waals surface area contributed by atoms with Crippen LogP contribution in [0.15, 0.2) is 45.6 Å². The van der Waals surface area contributed by atoms with Crippen molar-refractivity contribution in [2.75, 3.05) is 0 Å². The van der Waals surface area contributed by atoms with Gasteiger partial charge in [-0.15, -0.1) is 0 Å². The zero-order valence-electron chi connectivity index (χ0n) is 14.1. The molecule has 0 spiro atoms.